The third-order valence-corrected chi connectivity index (χ3v) is 4.57. The summed E-state index contributed by atoms with van der Waals surface area (Å²) in [6.07, 6.45) is 1.71. The number of hydrogen-bond donors (Lipinski definition) is 1. The number of hydrogen-bond acceptors (Lipinski definition) is 4. The van der Waals surface area contributed by atoms with Crippen molar-refractivity contribution in [2.24, 2.45) is 0 Å². The number of nitrogens with zero attached hydrogens (tertiary/aromatic N) is 2. The lowest BCUT2D eigenvalue weighted by Crippen LogP contribution is -2.21. The lowest BCUT2D eigenvalue weighted by Gasteiger charge is -2.09. The molecule has 0 saturated carbocycles. The molecular weight excluding hydrogens is 410 g/mol. The van der Waals surface area contributed by atoms with Crippen molar-refractivity contribution in [3.63, 3.8) is 0 Å². The van der Waals surface area contributed by atoms with Crippen molar-refractivity contribution in [3.05, 3.63) is 76.0 Å². The molecule has 0 aliphatic heterocycles. The number of carbonyl (C=O) groups excluding carboxylic acids is 2. The van der Waals surface area contributed by atoms with Crippen molar-refractivity contribution in [2.75, 3.05) is 11.9 Å². The van der Waals surface area contributed by atoms with Crippen molar-refractivity contribution < 1.29 is 14.3 Å². The highest BCUT2D eigenvalue weighted by molar-refractivity contribution is 9.10. The summed E-state index contributed by atoms with van der Waals surface area (Å²) in [7, 11) is 0. The molecule has 0 unspecified atom stereocenters. The van der Waals surface area contributed by atoms with Crippen LogP contribution in [0, 0.1) is 13.8 Å². The lowest BCUT2D eigenvalue weighted by molar-refractivity contribution is -0.119. The normalized spacial score (nSPS) is 10.5. The average molecular weight is 428 g/mol. The second kappa shape index (κ2) is 8.18. The first-order valence-electron chi connectivity index (χ1n) is 8.28. The minimum absolute atomic E-state index is 0.362. The summed E-state index contributed by atoms with van der Waals surface area (Å²) in [5.41, 5.74) is 3.90. The fraction of sp³-hybridized carbons (Fsp3) is 0.150. The number of aromatic nitrogens is 2. The zero-order valence-electron chi connectivity index (χ0n) is 14.9. The van der Waals surface area contributed by atoms with Crippen molar-refractivity contribution in [1.82, 2.24) is 9.78 Å². The summed E-state index contributed by atoms with van der Waals surface area (Å²) in [6.45, 7) is 3.54. The number of esters is 1. The lowest BCUT2D eigenvalue weighted by atomic mass is 10.2. The Morgan fingerprint density at radius 3 is 2.48 bits per heavy atom. The summed E-state index contributed by atoms with van der Waals surface area (Å²) >= 11 is 3.39. The molecule has 0 radical (unpaired) electrons. The molecule has 1 aromatic heterocycles. The van der Waals surface area contributed by atoms with Crippen LogP contribution in [0.5, 0.6) is 0 Å². The molecule has 138 valence electrons. The van der Waals surface area contributed by atoms with Crippen molar-refractivity contribution >= 4 is 33.5 Å². The third-order valence-electron chi connectivity index (χ3n) is 3.91. The van der Waals surface area contributed by atoms with E-state index in [4.69, 9.17) is 4.74 Å². The van der Waals surface area contributed by atoms with Crippen LogP contribution in [0.25, 0.3) is 5.69 Å². The first-order chi connectivity index (χ1) is 12.9. The smallest absolute Gasteiger partial charge is 0.338 e. The van der Waals surface area contributed by atoms with Gasteiger partial charge < -0.3 is 10.1 Å². The van der Waals surface area contributed by atoms with E-state index in [2.05, 4.69) is 26.3 Å². The van der Waals surface area contributed by atoms with Gasteiger partial charge in [0.25, 0.3) is 5.91 Å². The molecule has 27 heavy (non-hydrogen) atoms. The monoisotopic (exact) mass is 427 g/mol. The van der Waals surface area contributed by atoms with Gasteiger partial charge in [0.15, 0.2) is 6.61 Å². The number of benzene rings is 2. The van der Waals surface area contributed by atoms with Gasteiger partial charge in [0.1, 0.15) is 0 Å². The van der Waals surface area contributed by atoms with Gasteiger partial charge in [-0.05, 0) is 77.8 Å². The molecule has 1 N–H and O–H groups in total. The van der Waals surface area contributed by atoms with Crippen LogP contribution in [0.4, 0.5) is 5.69 Å². The molecule has 0 bridgehead atoms. The Morgan fingerprint density at radius 1 is 1.11 bits per heavy atom. The average Bonchev–Trinajstić information content (AvgIpc) is 3.08. The van der Waals surface area contributed by atoms with Crippen molar-refractivity contribution in [1.29, 1.82) is 0 Å². The summed E-state index contributed by atoms with van der Waals surface area (Å²) < 4.78 is 7.63. The van der Waals surface area contributed by atoms with E-state index in [9.17, 15) is 9.59 Å². The summed E-state index contributed by atoms with van der Waals surface area (Å²) in [5, 5.41) is 6.92. The number of ether oxygens (including phenoxy) is 1. The minimum Gasteiger partial charge on any atom is -0.452 e. The number of carbonyl (C=O) groups is 2. The topological polar surface area (TPSA) is 73.2 Å². The number of nitrogens with one attached hydrogen (secondary N) is 1. The fourth-order valence-corrected chi connectivity index (χ4v) is 3.09. The predicted octanol–water partition coefficient (Wildman–Crippen LogP) is 4.05. The standard InChI is InChI=1S/C20H18BrN3O3/c1-13-3-8-18(17(21)11-13)23-19(25)12-27-20(26)15-4-6-16(7-5-15)24-14(2)9-10-22-24/h3-11H,12H2,1-2H3,(H,23,25). The highest BCUT2D eigenvalue weighted by Gasteiger charge is 2.12. The molecule has 1 heterocycles. The van der Waals surface area contributed by atoms with E-state index in [0.29, 0.717) is 11.3 Å². The van der Waals surface area contributed by atoms with Crippen molar-refractivity contribution in [3.8, 4) is 5.69 Å². The number of aryl methyl sites for hydroxylation is 2. The molecule has 6 nitrogen and oxygen atoms in total. The predicted molar refractivity (Wildman–Crippen MR) is 106 cm³/mol. The molecule has 0 fully saturated rings. The molecule has 0 aliphatic rings. The van der Waals surface area contributed by atoms with E-state index in [1.54, 1.807) is 41.2 Å². The van der Waals surface area contributed by atoms with Crippen LogP contribution in [-0.2, 0) is 9.53 Å². The Labute approximate surface area is 165 Å². The minimum atomic E-state index is -0.558. The zero-order chi connectivity index (χ0) is 19.4. The van der Waals surface area contributed by atoms with Gasteiger partial charge >= 0.3 is 5.97 Å². The quantitative estimate of drug-likeness (QED) is 0.623. The van der Waals surface area contributed by atoms with Crippen LogP contribution in [-0.4, -0.2) is 28.3 Å². The molecule has 0 spiro atoms. The van der Waals surface area contributed by atoms with Gasteiger partial charge in [-0.25, -0.2) is 9.48 Å². The second-order valence-electron chi connectivity index (χ2n) is 6.04. The largest absolute Gasteiger partial charge is 0.452 e. The SMILES string of the molecule is Cc1ccc(NC(=O)COC(=O)c2ccc(-n3nccc3C)cc2)c(Br)c1. The maximum Gasteiger partial charge on any atom is 0.338 e. The van der Waals surface area contributed by atoms with Gasteiger partial charge in [-0.3, -0.25) is 4.79 Å². The van der Waals surface area contributed by atoms with Crippen molar-refractivity contribution in [2.45, 2.75) is 13.8 Å². The Bertz CT molecular complexity index is 980. The molecule has 1 amide bonds. The Hall–Kier alpha value is -2.93. The maximum atomic E-state index is 12.1. The Morgan fingerprint density at radius 2 is 1.85 bits per heavy atom. The first-order valence-corrected chi connectivity index (χ1v) is 9.07. The van der Waals surface area contributed by atoms with Crippen LogP contribution in [0.2, 0.25) is 0 Å². The van der Waals surface area contributed by atoms with E-state index >= 15 is 0 Å². The van der Waals surface area contributed by atoms with E-state index in [1.807, 2.05) is 32.0 Å². The maximum absolute atomic E-state index is 12.1. The summed E-state index contributed by atoms with van der Waals surface area (Å²) in [6, 6.07) is 14.3. The van der Waals surface area contributed by atoms with Crippen LogP contribution in [0.3, 0.4) is 0 Å². The van der Waals surface area contributed by atoms with Gasteiger partial charge in [0.05, 0.1) is 16.9 Å². The van der Waals surface area contributed by atoms with Gasteiger partial charge in [-0.15, -0.1) is 0 Å². The fourth-order valence-electron chi connectivity index (χ4n) is 2.50. The Kier molecular flexibility index (Phi) is 5.71. The van der Waals surface area contributed by atoms with Crippen LogP contribution < -0.4 is 5.32 Å². The van der Waals surface area contributed by atoms with Crippen LogP contribution in [0.15, 0.2) is 59.2 Å². The second-order valence-corrected chi connectivity index (χ2v) is 6.89. The number of amides is 1. The molecule has 0 aliphatic carbocycles. The van der Waals surface area contributed by atoms with E-state index < -0.39 is 11.9 Å². The zero-order valence-corrected chi connectivity index (χ0v) is 16.5. The van der Waals surface area contributed by atoms with E-state index in [1.165, 1.54) is 0 Å². The van der Waals surface area contributed by atoms with Gasteiger partial charge in [-0.2, -0.15) is 5.10 Å². The van der Waals surface area contributed by atoms with Gasteiger partial charge in [0.2, 0.25) is 0 Å². The van der Waals surface area contributed by atoms with Gasteiger partial charge in [0, 0.05) is 16.4 Å². The third kappa shape index (κ3) is 4.62. The molecule has 3 aromatic rings. The van der Waals surface area contributed by atoms with E-state index in [0.717, 1.165) is 21.4 Å². The molecule has 7 heteroatoms. The van der Waals surface area contributed by atoms with E-state index in [-0.39, 0.29) is 6.61 Å². The number of rotatable bonds is 5. The summed E-state index contributed by atoms with van der Waals surface area (Å²) in [5.74, 6) is -0.964. The molecule has 2 aromatic carbocycles. The van der Waals surface area contributed by atoms with Crippen LogP contribution in [0.1, 0.15) is 21.6 Å². The molecule has 0 saturated heterocycles. The summed E-state index contributed by atoms with van der Waals surface area (Å²) in [4.78, 5) is 24.2. The molecular formula is C20H18BrN3O3. The number of halogens is 1. The number of anilines is 1. The Balaban J connectivity index is 1.57. The molecule has 0 atom stereocenters. The van der Waals surface area contributed by atoms with Gasteiger partial charge in [-0.1, -0.05) is 6.07 Å². The molecule has 3 rings (SSSR count). The first kappa shape index (κ1) is 18.8. The highest BCUT2D eigenvalue weighted by Crippen LogP contribution is 2.23. The highest BCUT2D eigenvalue weighted by atomic mass is 79.9. The van der Waals surface area contributed by atoms with Crippen LogP contribution >= 0.6 is 15.9 Å².